The van der Waals surface area contributed by atoms with Gasteiger partial charge in [0.25, 0.3) is 0 Å². The van der Waals surface area contributed by atoms with E-state index in [4.69, 9.17) is 0 Å². The lowest BCUT2D eigenvalue weighted by Crippen LogP contribution is -2.16. The van der Waals surface area contributed by atoms with Crippen LogP contribution in [0, 0.1) is 0 Å². The van der Waals surface area contributed by atoms with E-state index in [0.29, 0.717) is 0 Å². The van der Waals surface area contributed by atoms with Crippen molar-refractivity contribution in [3.63, 3.8) is 0 Å². The van der Waals surface area contributed by atoms with Crippen molar-refractivity contribution in [1.29, 1.82) is 0 Å². The molecule has 0 bridgehead atoms. The maximum atomic E-state index is 3.77. The molecule has 0 radical (unpaired) electrons. The topological polar surface area (TPSA) is 3.24 Å². The molecule has 0 heterocycles. The number of rotatable bonds is 4. The molecule has 0 atom stereocenters. The van der Waals surface area contributed by atoms with Crippen LogP contribution in [0.4, 0.5) is 17.1 Å². The number of nitrogens with zero attached hydrogens (tertiary/aromatic N) is 1. The SMILES string of the molecule is CC1(C)c2cc(Br)ccc2-c2c1c1c3ccccc3c(-c3ccc(N(c4ccccc4)c4ccccc4)cc3)cc1c1ccccc21. The minimum absolute atomic E-state index is 0.152. The molecule has 224 valence electrons. The smallest absolute Gasteiger partial charge is 0.0462 e. The van der Waals surface area contributed by atoms with Crippen molar-refractivity contribution in [3.8, 4) is 22.3 Å². The first-order valence-electron chi connectivity index (χ1n) is 16.2. The molecular weight excluding hydrogens is 634 g/mol. The Kier molecular flexibility index (Phi) is 6.38. The summed E-state index contributed by atoms with van der Waals surface area (Å²) in [6, 6.07) is 57.5. The van der Waals surface area contributed by atoms with Crippen LogP contribution in [0.2, 0.25) is 0 Å². The molecule has 0 unspecified atom stereocenters. The van der Waals surface area contributed by atoms with Gasteiger partial charge in [0.15, 0.2) is 0 Å². The van der Waals surface area contributed by atoms with Crippen LogP contribution in [0.3, 0.4) is 0 Å². The molecule has 0 spiro atoms. The number of benzene rings is 8. The van der Waals surface area contributed by atoms with Gasteiger partial charge in [0.05, 0.1) is 0 Å². The van der Waals surface area contributed by atoms with Crippen LogP contribution < -0.4 is 4.90 Å². The summed E-state index contributed by atoms with van der Waals surface area (Å²) in [5.41, 5.74) is 11.3. The van der Waals surface area contributed by atoms with Crippen LogP contribution in [0.15, 0.2) is 162 Å². The third-order valence-electron chi connectivity index (χ3n) is 10.0. The summed E-state index contributed by atoms with van der Waals surface area (Å²) >= 11 is 3.77. The van der Waals surface area contributed by atoms with E-state index in [1.807, 2.05) is 0 Å². The summed E-state index contributed by atoms with van der Waals surface area (Å²) in [6.45, 7) is 4.79. The van der Waals surface area contributed by atoms with E-state index in [-0.39, 0.29) is 5.41 Å². The van der Waals surface area contributed by atoms with E-state index >= 15 is 0 Å². The quantitative estimate of drug-likeness (QED) is 0.169. The van der Waals surface area contributed by atoms with Gasteiger partial charge in [-0.2, -0.15) is 0 Å². The van der Waals surface area contributed by atoms with E-state index in [0.717, 1.165) is 21.5 Å². The molecule has 1 nitrogen and oxygen atoms in total. The Morgan fingerprint density at radius 3 is 1.68 bits per heavy atom. The molecule has 2 heteroatoms. The van der Waals surface area contributed by atoms with Gasteiger partial charge in [-0.25, -0.2) is 0 Å². The zero-order chi connectivity index (χ0) is 31.7. The summed E-state index contributed by atoms with van der Waals surface area (Å²) in [5, 5.41) is 7.89. The first-order valence-corrected chi connectivity index (χ1v) is 17.0. The number of para-hydroxylation sites is 2. The lowest BCUT2D eigenvalue weighted by atomic mass is 9.77. The Hall–Kier alpha value is -5.18. The van der Waals surface area contributed by atoms with Crippen LogP contribution in [-0.2, 0) is 5.41 Å². The standard InChI is InChI=1S/C45H32BrN/c1-45(2)41-27-30(46)23-26-38(41)42-37-20-12-10-18-35(37)40-28-39(34-17-9-11-19-36(34)43(40)44(42)45)29-21-24-33(25-22-29)47(31-13-5-3-6-14-31)32-15-7-4-8-16-32/h3-28H,1-2H3. The number of hydrogen-bond acceptors (Lipinski definition) is 1. The lowest BCUT2D eigenvalue weighted by Gasteiger charge is -2.26. The van der Waals surface area contributed by atoms with E-state index < -0.39 is 0 Å². The zero-order valence-corrected chi connectivity index (χ0v) is 27.9. The summed E-state index contributed by atoms with van der Waals surface area (Å²) in [5.74, 6) is 0. The van der Waals surface area contributed by atoms with Crippen LogP contribution in [0.25, 0.3) is 54.6 Å². The lowest BCUT2D eigenvalue weighted by molar-refractivity contribution is 0.666. The second-order valence-electron chi connectivity index (χ2n) is 13.1. The number of halogens is 1. The van der Waals surface area contributed by atoms with Crippen molar-refractivity contribution in [2.75, 3.05) is 4.90 Å². The van der Waals surface area contributed by atoms with Gasteiger partial charge in [0, 0.05) is 26.9 Å². The van der Waals surface area contributed by atoms with Crippen molar-refractivity contribution >= 4 is 65.3 Å². The van der Waals surface area contributed by atoms with Crippen LogP contribution in [-0.4, -0.2) is 0 Å². The predicted molar refractivity (Wildman–Crippen MR) is 204 cm³/mol. The fraction of sp³-hybridized carbons (Fsp3) is 0.0667. The van der Waals surface area contributed by atoms with Gasteiger partial charge in [-0.1, -0.05) is 133 Å². The third kappa shape index (κ3) is 4.28. The molecule has 0 N–H and O–H groups in total. The maximum absolute atomic E-state index is 3.77. The van der Waals surface area contributed by atoms with Gasteiger partial charge in [-0.3, -0.25) is 0 Å². The van der Waals surface area contributed by atoms with E-state index in [1.165, 1.54) is 65.7 Å². The monoisotopic (exact) mass is 665 g/mol. The Balaban J connectivity index is 1.30. The molecule has 9 rings (SSSR count). The molecule has 0 aromatic heterocycles. The van der Waals surface area contributed by atoms with Crippen molar-refractivity contribution in [2.24, 2.45) is 0 Å². The average molecular weight is 667 g/mol. The van der Waals surface area contributed by atoms with Gasteiger partial charge >= 0.3 is 0 Å². The normalized spacial score (nSPS) is 13.2. The largest absolute Gasteiger partial charge is 0.311 e. The first-order chi connectivity index (χ1) is 23.0. The van der Waals surface area contributed by atoms with Crippen LogP contribution in [0.5, 0.6) is 0 Å². The van der Waals surface area contributed by atoms with Crippen molar-refractivity contribution in [3.05, 3.63) is 173 Å². The number of anilines is 3. The van der Waals surface area contributed by atoms with Crippen molar-refractivity contribution < 1.29 is 0 Å². The third-order valence-corrected chi connectivity index (χ3v) is 10.5. The van der Waals surface area contributed by atoms with Crippen LogP contribution in [0.1, 0.15) is 25.0 Å². The molecule has 1 aliphatic carbocycles. The first kappa shape index (κ1) is 28.1. The highest BCUT2D eigenvalue weighted by Gasteiger charge is 2.39. The number of fused-ring (bicyclic) bond motifs is 10. The fourth-order valence-electron chi connectivity index (χ4n) is 7.97. The molecule has 0 fully saturated rings. The molecule has 0 saturated heterocycles. The van der Waals surface area contributed by atoms with Crippen molar-refractivity contribution in [2.45, 2.75) is 19.3 Å². The molecular formula is C45H32BrN. The fourth-order valence-corrected chi connectivity index (χ4v) is 8.34. The van der Waals surface area contributed by atoms with E-state index in [2.05, 4.69) is 192 Å². The molecule has 0 amide bonds. The molecule has 47 heavy (non-hydrogen) atoms. The Morgan fingerprint density at radius 1 is 0.468 bits per heavy atom. The molecule has 0 saturated carbocycles. The highest BCUT2D eigenvalue weighted by Crippen LogP contribution is 2.56. The highest BCUT2D eigenvalue weighted by molar-refractivity contribution is 9.10. The highest BCUT2D eigenvalue weighted by atomic mass is 79.9. The second-order valence-corrected chi connectivity index (χ2v) is 14.0. The summed E-state index contributed by atoms with van der Waals surface area (Å²) in [7, 11) is 0. The molecule has 8 aromatic rings. The Bertz CT molecular complexity index is 2440. The van der Waals surface area contributed by atoms with Gasteiger partial charge < -0.3 is 4.90 Å². The van der Waals surface area contributed by atoms with Crippen LogP contribution >= 0.6 is 15.9 Å². The number of hydrogen-bond donors (Lipinski definition) is 0. The van der Waals surface area contributed by atoms with Gasteiger partial charge in [-0.15, -0.1) is 0 Å². The van der Waals surface area contributed by atoms with Gasteiger partial charge in [-0.05, 0) is 120 Å². The van der Waals surface area contributed by atoms with E-state index in [9.17, 15) is 0 Å². The van der Waals surface area contributed by atoms with E-state index in [1.54, 1.807) is 0 Å². The minimum Gasteiger partial charge on any atom is -0.311 e. The molecule has 0 aliphatic heterocycles. The Morgan fingerprint density at radius 2 is 1.02 bits per heavy atom. The molecule has 1 aliphatic rings. The minimum atomic E-state index is -0.152. The van der Waals surface area contributed by atoms with Gasteiger partial charge in [0.2, 0.25) is 0 Å². The Labute approximate surface area is 283 Å². The summed E-state index contributed by atoms with van der Waals surface area (Å²) in [6.07, 6.45) is 0. The molecule has 8 aromatic carbocycles. The zero-order valence-electron chi connectivity index (χ0n) is 26.3. The summed E-state index contributed by atoms with van der Waals surface area (Å²) < 4.78 is 1.12. The average Bonchev–Trinajstić information content (AvgIpc) is 3.35. The van der Waals surface area contributed by atoms with Gasteiger partial charge in [0.1, 0.15) is 0 Å². The summed E-state index contributed by atoms with van der Waals surface area (Å²) in [4.78, 5) is 2.32. The second kappa shape index (κ2) is 10.7. The maximum Gasteiger partial charge on any atom is 0.0462 e. The predicted octanol–water partition coefficient (Wildman–Crippen LogP) is 13.4. The van der Waals surface area contributed by atoms with Crippen molar-refractivity contribution in [1.82, 2.24) is 0 Å².